The predicted octanol–water partition coefficient (Wildman–Crippen LogP) is 0.554. The molecule has 2 bridgehead atoms. The zero-order valence-electron chi connectivity index (χ0n) is 9.61. The summed E-state index contributed by atoms with van der Waals surface area (Å²) in [6.07, 6.45) is -0.399. The van der Waals surface area contributed by atoms with Crippen molar-refractivity contribution in [2.45, 2.75) is 45.3 Å². The SMILES string of the molecule is CC1(C)[C@]2(C(=O)O)CC[C@@H](O)[C@@]1(C)OC2=O. The summed E-state index contributed by atoms with van der Waals surface area (Å²) in [7, 11) is 0. The molecule has 2 aliphatic rings. The van der Waals surface area contributed by atoms with Crippen molar-refractivity contribution in [3.05, 3.63) is 0 Å². The number of aliphatic hydroxyl groups is 1. The van der Waals surface area contributed by atoms with Gasteiger partial charge in [-0.15, -0.1) is 0 Å². The van der Waals surface area contributed by atoms with Crippen molar-refractivity contribution in [2.24, 2.45) is 10.8 Å². The summed E-state index contributed by atoms with van der Waals surface area (Å²) in [5, 5.41) is 19.3. The van der Waals surface area contributed by atoms with Gasteiger partial charge in [0.05, 0.1) is 6.10 Å². The van der Waals surface area contributed by atoms with E-state index in [2.05, 4.69) is 0 Å². The Morgan fingerprint density at radius 1 is 1.44 bits per heavy atom. The van der Waals surface area contributed by atoms with Gasteiger partial charge in [0.1, 0.15) is 5.60 Å². The first-order chi connectivity index (χ1) is 7.20. The van der Waals surface area contributed by atoms with E-state index in [0.29, 0.717) is 0 Å². The normalized spacial score (nSPS) is 45.2. The fraction of sp³-hybridized carbons (Fsp3) is 0.818. The van der Waals surface area contributed by atoms with Crippen molar-refractivity contribution in [1.29, 1.82) is 0 Å². The highest BCUT2D eigenvalue weighted by Crippen LogP contribution is 2.62. The van der Waals surface area contributed by atoms with Gasteiger partial charge in [-0.05, 0) is 19.8 Å². The summed E-state index contributed by atoms with van der Waals surface area (Å²) in [5.41, 5.74) is -3.54. The number of esters is 1. The van der Waals surface area contributed by atoms with Crippen LogP contribution in [0.1, 0.15) is 33.6 Å². The Labute approximate surface area is 93.4 Å². The van der Waals surface area contributed by atoms with Gasteiger partial charge in [0.25, 0.3) is 0 Å². The predicted molar refractivity (Wildman–Crippen MR) is 53.6 cm³/mol. The number of carboxylic acids is 1. The van der Waals surface area contributed by atoms with Crippen LogP contribution in [-0.2, 0) is 14.3 Å². The van der Waals surface area contributed by atoms with Gasteiger partial charge in [-0.2, -0.15) is 0 Å². The Hall–Kier alpha value is -1.10. The van der Waals surface area contributed by atoms with E-state index in [0.717, 1.165) is 0 Å². The molecular formula is C11H16O5. The van der Waals surface area contributed by atoms with E-state index >= 15 is 0 Å². The quantitative estimate of drug-likeness (QED) is 0.506. The van der Waals surface area contributed by atoms with E-state index in [-0.39, 0.29) is 12.8 Å². The van der Waals surface area contributed by atoms with Gasteiger partial charge >= 0.3 is 11.9 Å². The summed E-state index contributed by atoms with van der Waals surface area (Å²) in [5.74, 6) is -1.87. The molecule has 0 aromatic heterocycles. The molecule has 0 aromatic rings. The van der Waals surface area contributed by atoms with Crippen LogP contribution in [0.3, 0.4) is 0 Å². The standard InChI is InChI=1S/C11H16O5/c1-9(2)10(3)6(12)4-5-11(9,7(13)14)8(15)16-10/h6,12H,4-5H2,1-3H3,(H,13,14)/t6-,10-,11+/m1/s1. The van der Waals surface area contributed by atoms with E-state index in [1.807, 2.05) is 0 Å². The Morgan fingerprint density at radius 3 is 2.50 bits per heavy atom. The molecule has 0 amide bonds. The largest absolute Gasteiger partial charge is 0.480 e. The Balaban J connectivity index is 2.64. The third kappa shape index (κ3) is 0.867. The number of carbonyl (C=O) groups excluding carboxylic acids is 1. The smallest absolute Gasteiger partial charge is 0.324 e. The lowest BCUT2D eigenvalue weighted by Crippen LogP contribution is -2.60. The minimum absolute atomic E-state index is 0.130. The van der Waals surface area contributed by atoms with Crippen molar-refractivity contribution in [1.82, 2.24) is 0 Å². The highest BCUT2D eigenvalue weighted by atomic mass is 16.6. The van der Waals surface area contributed by atoms with Gasteiger partial charge in [0.15, 0.2) is 5.41 Å². The lowest BCUT2D eigenvalue weighted by molar-refractivity contribution is -0.171. The van der Waals surface area contributed by atoms with E-state index in [1.165, 1.54) is 0 Å². The van der Waals surface area contributed by atoms with Gasteiger partial charge in [0.2, 0.25) is 0 Å². The molecule has 1 aliphatic carbocycles. The summed E-state index contributed by atoms with van der Waals surface area (Å²) >= 11 is 0. The fourth-order valence-electron chi connectivity index (χ4n) is 3.08. The highest BCUT2D eigenvalue weighted by Gasteiger charge is 2.76. The fourth-order valence-corrected chi connectivity index (χ4v) is 3.08. The molecule has 0 aromatic carbocycles. The van der Waals surface area contributed by atoms with Crippen LogP contribution in [-0.4, -0.2) is 33.9 Å². The number of carboxylic acid groups (broad SMARTS) is 1. The van der Waals surface area contributed by atoms with Crippen molar-refractivity contribution in [3.63, 3.8) is 0 Å². The van der Waals surface area contributed by atoms with Crippen LogP contribution in [0.25, 0.3) is 0 Å². The summed E-state index contributed by atoms with van der Waals surface area (Å²) in [4.78, 5) is 23.3. The molecule has 2 fully saturated rings. The summed E-state index contributed by atoms with van der Waals surface area (Å²) < 4.78 is 5.20. The molecule has 1 saturated carbocycles. The molecule has 2 rings (SSSR count). The average Bonchev–Trinajstić information content (AvgIpc) is 2.25. The number of rotatable bonds is 1. The first-order valence-corrected chi connectivity index (χ1v) is 5.35. The number of ether oxygens (including phenoxy) is 1. The lowest BCUT2D eigenvalue weighted by Gasteiger charge is -2.48. The zero-order valence-corrected chi connectivity index (χ0v) is 9.61. The van der Waals surface area contributed by atoms with Gasteiger partial charge in [0, 0.05) is 5.41 Å². The molecule has 2 N–H and O–H groups in total. The molecule has 16 heavy (non-hydrogen) atoms. The van der Waals surface area contributed by atoms with Crippen LogP contribution < -0.4 is 0 Å². The van der Waals surface area contributed by atoms with E-state index < -0.39 is 34.5 Å². The first-order valence-electron chi connectivity index (χ1n) is 5.35. The maximum absolute atomic E-state index is 11.9. The summed E-state index contributed by atoms with van der Waals surface area (Å²) in [6, 6.07) is 0. The number of hydrogen-bond donors (Lipinski definition) is 2. The van der Waals surface area contributed by atoms with Crippen molar-refractivity contribution in [2.75, 3.05) is 0 Å². The molecule has 1 heterocycles. The monoisotopic (exact) mass is 228 g/mol. The molecular weight excluding hydrogens is 212 g/mol. The highest BCUT2D eigenvalue weighted by molar-refractivity contribution is 6.02. The molecule has 1 aliphatic heterocycles. The van der Waals surface area contributed by atoms with Crippen LogP contribution >= 0.6 is 0 Å². The van der Waals surface area contributed by atoms with E-state index in [9.17, 15) is 19.8 Å². The molecule has 5 nitrogen and oxygen atoms in total. The molecule has 5 heteroatoms. The molecule has 3 atom stereocenters. The van der Waals surface area contributed by atoms with Gasteiger partial charge in [-0.3, -0.25) is 9.59 Å². The van der Waals surface area contributed by atoms with Gasteiger partial charge in [-0.25, -0.2) is 0 Å². The first kappa shape index (κ1) is 11.4. The maximum atomic E-state index is 11.9. The molecule has 0 unspecified atom stereocenters. The Morgan fingerprint density at radius 2 is 2.00 bits per heavy atom. The van der Waals surface area contributed by atoms with Crippen LogP contribution in [0.2, 0.25) is 0 Å². The van der Waals surface area contributed by atoms with Crippen LogP contribution in [0.15, 0.2) is 0 Å². The second-order valence-corrected chi connectivity index (χ2v) is 5.39. The molecule has 1 saturated heterocycles. The third-order valence-corrected chi connectivity index (χ3v) is 4.75. The van der Waals surface area contributed by atoms with Crippen LogP contribution in [0.5, 0.6) is 0 Å². The van der Waals surface area contributed by atoms with Crippen LogP contribution in [0, 0.1) is 10.8 Å². The molecule has 0 spiro atoms. The zero-order chi connectivity index (χ0) is 12.4. The Bertz CT molecular complexity index is 375. The number of aliphatic hydroxyl groups excluding tert-OH is 1. The minimum atomic E-state index is -1.51. The Kier molecular flexibility index (Phi) is 1.97. The second kappa shape index (κ2) is 2.77. The molecule has 90 valence electrons. The van der Waals surface area contributed by atoms with Gasteiger partial charge < -0.3 is 14.9 Å². The number of aliphatic carboxylic acids is 1. The number of carbonyl (C=O) groups is 2. The lowest BCUT2D eigenvalue weighted by atomic mass is 9.53. The van der Waals surface area contributed by atoms with Crippen LogP contribution in [0.4, 0.5) is 0 Å². The minimum Gasteiger partial charge on any atom is -0.480 e. The van der Waals surface area contributed by atoms with Gasteiger partial charge in [-0.1, -0.05) is 13.8 Å². The summed E-state index contributed by atoms with van der Waals surface area (Å²) in [6.45, 7) is 4.96. The van der Waals surface area contributed by atoms with E-state index in [1.54, 1.807) is 20.8 Å². The second-order valence-electron chi connectivity index (χ2n) is 5.39. The third-order valence-electron chi connectivity index (χ3n) is 4.75. The van der Waals surface area contributed by atoms with Crippen molar-refractivity contribution >= 4 is 11.9 Å². The molecule has 0 radical (unpaired) electrons. The maximum Gasteiger partial charge on any atom is 0.324 e. The van der Waals surface area contributed by atoms with E-state index in [4.69, 9.17) is 4.74 Å². The number of fused-ring (bicyclic) bond motifs is 2. The van der Waals surface area contributed by atoms with Crippen molar-refractivity contribution < 1.29 is 24.5 Å². The average molecular weight is 228 g/mol. The topological polar surface area (TPSA) is 83.8 Å². The van der Waals surface area contributed by atoms with Crippen molar-refractivity contribution in [3.8, 4) is 0 Å². The number of hydrogen-bond acceptors (Lipinski definition) is 4.